The summed E-state index contributed by atoms with van der Waals surface area (Å²) in [5.41, 5.74) is 14.3. The van der Waals surface area contributed by atoms with Gasteiger partial charge in [0, 0.05) is 17.0 Å². The molecule has 0 radical (unpaired) electrons. The number of nitrogens with zero attached hydrogens (tertiary/aromatic N) is 1. The lowest BCUT2D eigenvalue weighted by atomic mass is 9.81. The van der Waals surface area contributed by atoms with Crippen LogP contribution in [-0.4, -0.2) is 45.6 Å². The summed E-state index contributed by atoms with van der Waals surface area (Å²) in [6.07, 6.45) is -0.744. The zero-order valence-electron chi connectivity index (χ0n) is 22.0. The van der Waals surface area contributed by atoms with Crippen LogP contribution in [0.15, 0.2) is 59.2 Å². The molecular weight excluding hydrogens is 607 g/mol. The lowest BCUT2D eigenvalue weighted by molar-refractivity contribution is -0.192. The van der Waals surface area contributed by atoms with Crippen LogP contribution in [0, 0.1) is 11.8 Å². The molecule has 2 aromatic carbocycles. The second kappa shape index (κ2) is 14.3. The van der Waals surface area contributed by atoms with E-state index in [0.717, 1.165) is 36.8 Å². The number of nitrogens with one attached hydrogen (secondary N) is 2. The predicted molar refractivity (Wildman–Crippen MR) is 149 cm³/mol. The molecule has 4 rings (SSSR count). The number of nitrogens with two attached hydrogens (primary N) is 2. The molecule has 2 amide bonds. The zero-order valence-corrected chi connectivity index (χ0v) is 23.5. The van der Waals surface area contributed by atoms with Gasteiger partial charge in [-0.15, -0.1) is 0 Å². The van der Waals surface area contributed by atoms with Crippen molar-refractivity contribution in [1.29, 1.82) is 0 Å². The van der Waals surface area contributed by atoms with Crippen LogP contribution in [0.3, 0.4) is 0 Å². The highest BCUT2D eigenvalue weighted by atomic mass is 79.9. The number of amides is 2. The van der Waals surface area contributed by atoms with Gasteiger partial charge >= 0.3 is 12.1 Å². The van der Waals surface area contributed by atoms with Crippen molar-refractivity contribution in [2.24, 2.45) is 23.3 Å². The van der Waals surface area contributed by atoms with Crippen molar-refractivity contribution in [3.8, 4) is 11.3 Å². The number of aromatic amines is 1. The van der Waals surface area contributed by atoms with Crippen molar-refractivity contribution in [1.82, 2.24) is 15.3 Å². The van der Waals surface area contributed by atoms with Crippen LogP contribution < -0.4 is 16.8 Å². The Morgan fingerprint density at radius 1 is 1.05 bits per heavy atom. The van der Waals surface area contributed by atoms with E-state index in [0.29, 0.717) is 40.6 Å². The van der Waals surface area contributed by atoms with Gasteiger partial charge in [-0.3, -0.25) is 9.59 Å². The Balaban J connectivity index is 0.000000587. The van der Waals surface area contributed by atoms with Crippen molar-refractivity contribution < 1.29 is 32.7 Å². The van der Waals surface area contributed by atoms with E-state index in [1.807, 2.05) is 42.5 Å². The number of alkyl halides is 3. The molecule has 1 saturated carbocycles. The number of carbonyl (C=O) groups is 3. The number of H-pyrrole nitrogens is 1. The number of benzene rings is 2. The number of carbonyl (C=O) groups excluding carboxylic acids is 2. The Morgan fingerprint density at radius 3 is 2.15 bits per heavy atom. The number of halogens is 4. The summed E-state index contributed by atoms with van der Waals surface area (Å²) >= 11 is 3.58. The van der Waals surface area contributed by atoms with E-state index in [9.17, 15) is 22.8 Å². The molecule has 3 aromatic rings. The SMILES string of the molecule is NCC1CCC(C(=O)N[C@@H](Cc2ccccc2)c2nc(-c3ccc(C(N)=O)cc3)c(Br)[nH]2)CC1.O=C(O)C(F)(F)F. The number of primary amides is 1. The fourth-order valence-electron chi connectivity index (χ4n) is 4.53. The molecule has 0 aliphatic heterocycles. The summed E-state index contributed by atoms with van der Waals surface area (Å²) in [7, 11) is 0. The molecule has 9 nitrogen and oxygen atoms in total. The van der Waals surface area contributed by atoms with Crippen LogP contribution in [0.2, 0.25) is 0 Å². The standard InChI is InChI=1S/C26H30BrN5O2.C2HF3O2/c27-23-22(18-10-12-19(13-11-18)24(29)33)31-25(32-23)21(14-16-4-2-1-3-5-16)30-26(34)20-8-6-17(15-28)7-9-20;3-2(4,5)1(6)7/h1-5,10-13,17,20-21H,6-9,14-15,28H2,(H2,29,33)(H,30,34)(H,31,32);(H,6,7)/t17?,20?,21-;/m0./s1. The molecule has 13 heteroatoms. The summed E-state index contributed by atoms with van der Waals surface area (Å²) in [6.45, 7) is 0.689. The van der Waals surface area contributed by atoms with Gasteiger partial charge in [0.2, 0.25) is 11.8 Å². The van der Waals surface area contributed by atoms with Crippen LogP contribution in [-0.2, 0) is 16.0 Å². The third-order valence-corrected chi connectivity index (χ3v) is 7.42. The second-order valence-electron chi connectivity index (χ2n) is 9.73. The molecular formula is C28H31BrF3N5O4. The van der Waals surface area contributed by atoms with Crippen LogP contribution >= 0.6 is 15.9 Å². The first-order chi connectivity index (χ1) is 19.4. The van der Waals surface area contributed by atoms with Crippen LogP contribution in [0.25, 0.3) is 11.3 Å². The highest BCUT2D eigenvalue weighted by Crippen LogP contribution is 2.31. The number of imidazole rings is 1. The van der Waals surface area contributed by atoms with Gasteiger partial charge in [-0.25, -0.2) is 9.78 Å². The van der Waals surface area contributed by atoms with Gasteiger partial charge in [-0.2, -0.15) is 13.2 Å². The second-order valence-corrected chi connectivity index (χ2v) is 10.5. The molecule has 0 unspecified atom stereocenters. The summed E-state index contributed by atoms with van der Waals surface area (Å²) < 4.78 is 32.4. The molecule has 0 spiro atoms. The highest BCUT2D eigenvalue weighted by Gasteiger charge is 2.38. The Morgan fingerprint density at radius 2 is 1.63 bits per heavy atom. The van der Waals surface area contributed by atoms with Gasteiger partial charge in [0.15, 0.2) is 0 Å². The first kappa shape index (κ1) is 31.8. The monoisotopic (exact) mass is 637 g/mol. The van der Waals surface area contributed by atoms with Crippen LogP contribution in [0.5, 0.6) is 0 Å². The smallest absolute Gasteiger partial charge is 0.475 e. The minimum atomic E-state index is -5.08. The Kier molecular flexibility index (Phi) is 11.1. The lowest BCUT2D eigenvalue weighted by Gasteiger charge is -2.28. The maximum atomic E-state index is 13.2. The van der Waals surface area contributed by atoms with Crippen molar-refractivity contribution in [3.63, 3.8) is 0 Å². The molecule has 1 aromatic heterocycles. The highest BCUT2D eigenvalue weighted by molar-refractivity contribution is 9.10. The summed E-state index contributed by atoms with van der Waals surface area (Å²) in [6, 6.07) is 16.7. The Bertz CT molecular complexity index is 1320. The maximum absolute atomic E-state index is 13.2. The topological polar surface area (TPSA) is 164 Å². The van der Waals surface area contributed by atoms with E-state index >= 15 is 0 Å². The Hall–Kier alpha value is -3.71. The van der Waals surface area contributed by atoms with E-state index in [4.69, 9.17) is 26.4 Å². The molecule has 1 heterocycles. The third kappa shape index (κ3) is 9.15. The van der Waals surface area contributed by atoms with Crippen LogP contribution in [0.1, 0.15) is 53.5 Å². The number of aliphatic carboxylic acids is 1. The van der Waals surface area contributed by atoms with Crippen LogP contribution in [0.4, 0.5) is 13.2 Å². The summed E-state index contributed by atoms with van der Waals surface area (Å²) in [5, 5.41) is 10.4. The molecule has 7 N–H and O–H groups in total. The van der Waals surface area contributed by atoms with Crippen molar-refractivity contribution >= 4 is 33.7 Å². The number of hydrogen-bond acceptors (Lipinski definition) is 5. The number of carboxylic acids is 1. The normalized spacial score (nSPS) is 17.6. The van der Waals surface area contributed by atoms with Gasteiger partial charge in [0.1, 0.15) is 16.1 Å². The van der Waals surface area contributed by atoms with Gasteiger partial charge in [-0.1, -0.05) is 42.5 Å². The Labute approximate surface area is 243 Å². The van der Waals surface area contributed by atoms with Gasteiger partial charge in [0.25, 0.3) is 0 Å². The van der Waals surface area contributed by atoms with E-state index in [1.165, 1.54) is 0 Å². The number of hydrogen-bond donors (Lipinski definition) is 5. The molecule has 0 saturated heterocycles. The lowest BCUT2D eigenvalue weighted by Crippen LogP contribution is -2.37. The number of rotatable bonds is 8. The maximum Gasteiger partial charge on any atom is 0.490 e. The van der Waals surface area contributed by atoms with Crippen molar-refractivity contribution in [3.05, 3.63) is 76.2 Å². The van der Waals surface area contributed by atoms with E-state index in [2.05, 4.69) is 26.2 Å². The number of aromatic nitrogens is 2. The van der Waals surface area contributed by atoms with Gasteiger partial charge in [-0.05, 0) is 78.2 Å². The third-order valence-electron chi connectivity index (χ3n) is 6.84. The average Bonchev–Trinajstić information content (AvgIpc) is 3.34. The van der Waals surface area contributed by atoms with Crippen molar-refractivity contribution in [2.75, 3.05) is 6.54 Å². The molecule has 41 heavy (non-hydrogen) atoms. The van der Waals surface area contributed by atoms with Gasteiger partial charge in [0.05, 0.1) is 6.04 Å². The quantitative estimate of drug-likeness (QED) is 0.239. The van der Waals surface area contributed by atoms with Gasteiger partial charge < -0.3 is 26.9 Å². The molecule has 1 aliphatic rings. The molecule has 1 fully saturated rings. The fourth-order valence-corrected chi connectivity index (χ4v) is 5.05. The average molecular weight is 638 g/mol. The molecule has 1 aliphatic carbocycles. The molecule has 1 atom stereocenters. The fraction of sp³-hybridized carbons (Fsp3) is 0.357. The first-order valence-corrected chi connectivity index (χ1v) is 13.7. The van der Waals surface area contributed by atoms with Crippen molar-refractivity contribution in [2.45, 2.75) is 44.3 Å². The van der Waals surface area contributed by atoms with E-state index < -0.39 is 18.1 Å². The first-order valence-electron chi connectivity index (χ1n) is 12.9. The molecule has 0 bridgehead atoms. The largest absolute Gasteiger partial charge is 0.490 e. The summed E-state index contributed by atoms with van der Waals surface area (Å²) in [4.78, 5) is 41.6. The minimum absolute atomic E-state index is 0.000269. The zero-order chi connectivity index (χ0) is 30.2. The predicted octanol–water partition coefficient (Wildman–Crippen LogP) is 4.74. The van der Waals surface area contributed by atoms with E-state index in [-0.39, 0.29) is 17.9 Å². The number of carboxylic acid groups (broad SMARTS) is 1. The molecule has 220 valence electrons. The summed E-state index contributed by atoms with van der Waals surface area (Å²) in [5.74, 6) is -1.97. The van der Waals surface area contributed by atoms with E-state index in [1.54, 1.807) is 12.1 Å². The minimum Gasteiger partial charge on any atom is -0.475 e.